The van der Waals surface area contributed by atoms with Crippen LogP contribution in [0.4, 0.5) is 0 Å². The second-order valence-corrected chi connectivity index (χ2v) is 6.76. The first kappa shape index (κ1) is 21.6. The highest BCUT2D eigenvalue weighted by atomic mass is 35.5. The molecule has 0 spiro atoms. The summed E-state index contributed by atoms with van der Waals surface area (Å²) in [6.45, 7) is 1.60. The van der Waals surface area contributed by atoms with Crippen LogP contribution in [0.2, 0.25) is 0 Å². The van der Waals surface area contributed by atoms with E-state index in [1.807, 2.05) is 31.3 Å². The van der Waals surface area contributed by atoms with Crippen molar-refractivity contribution >= 4 is 18.3 Å². The second-order valence-electron chi connectivity index (χ2n) is 6.76. The molecule has 1 amide bonds. The number of nitrogens with two attached hydrogens (primary N) is 1. The lowest BCUT2D eigenvalue weighted by Crippen LogP contribution is -2.40. The van der Waals surface area contributed by atoms with E-state index in [0.717, 1.165) is 12.8 Å². The molecule has 0 unspecified atom stereocenters. The molecular formula is C19H31ClN2O3. The molecule has 0 aromatic heterocycles. The van der Waals surface area contributed by atoms with E-state index >= 15 is 0 Å². The lowest BCUT2D eigenvalue weighted by Gasteiger charge is -2.36. The quantitative estimate of drug-likeness (QED) is 0.762. The van der Waals surface area contributed by atoms with Gasteiger partial charge in [0.05, 0.1) is 13.7 Å². The van der Waals surface area contributed by atoms with Crippen LogP contribution in [0.3, 0.4) is 0 Å². The monoisotopic (exact) mass is 370 g/mol. The Labute approximate surface area is 157 Å². The summed E-state index contributed by atoms with van der Waals surface area (Å²) >= 11 is 0. The van der Waals surface area contributed by atoms with Gasteiger partial charge in [-0.3, -0.25) is 4.79 Å². The number of carbonyl (C=O) groups is 1. The van der Waals surface area contributed by atoms with Gasteiger partial charge in [-0.1, -0.05) is 31.4 Å². The van der Waals surface area contributed by atoms with Gasteiger partial charge in [-0.15, -0.1) is 12.4 Å². The zero-order chi connectivity index (χ0) is 17.4. The maximum atomic E-state index is 12.5. The molecule has 1 aliphatic carbocycles. The molecule has 0 saturated heterocycles. The molecule has 1 saturated carbocycles. The fourth-order valence-corrected chi connectivity index (χ4v) is 3.37. The number of para-hydroxylation sites is 2. The van der Waals surface area contributed by atoms with Crippen LogP contribution in [0.5, 0.6) is 11.5 Å². The van der Waals surface area contributed by atoms with Gasteiger partial charge in [0.2, 0.25) is 5.91 Å². The molecule has 5 nitrogen and oxygen atoms in total. The zero-order valence-corrected chi connectivity index (χ0v) is 16.1. The first-order valence-corrected chi connectivity index (χ1v) is 8.80. The fraction of sp³-hybridized carbons (Fsp3) is 0.632. The van der Waals surface area contributed by atoms with Crippen molar-refractivity contribution in [3.63, 3.8) is 0 Å². The molecule has 0 atom stereocenters. The molecular weight excluding hydrogens is 340 g/mol. The van der Waals surface area contributed by atoms with Crippen LogP contribution in [-0.4, -0.2) is 44.7 Å². The molecule has 2 rings (SSSR count). The lowest BCUT2D eigenvalue weighted by atomic mass is 9.71. The number of hydrogen-bond acceptors (Lipinski definition) is 4. The summed E-state index contributed by atoms with van der Waals surface area (Å²) in [6, 6.07) is 7.53. The largest absolute Gasteiger partial charge is 0.493 e. The van der Waals surface area contributed by atoms with Gasteiger partial charge in [0.15, 0.2) is 11.5 Å². The first-order chi connectivity index (χ1) is 11.6. The van der Waals surface area contributed by atoms with Gasteiger partial charge in [0, 0.05) is 13.5 Å². The number of halogens is 1. The molecule has 0 bridgehead atoms. The van der Waals surface area contributed by atoms with Crippen LogP contribution in [-0.2, 0) is 4.79 Å². The number of amides is 1. The molecule has 25 heavy (non-hydrogen) atoms. The van der Waals surface area contributed by atoms with Gasteiger partial charge in [-0.05, 0) is 36.9 Å². The standard InChI is InChI=1S/C19H30N2O3.ClH/c1-21(12-13-24-17-9-5-4-8-16(17)23-2)18(22)14-19(15-20)10-6-3-7-11-19;/h4-5,8-9H,3,6-7,10-15,20H2,1-2H3;1H. The molecule has 2 N–H and O–H groups in total. The summed E-state index contributed by atoms with van der Waals surface area (Å²) < 4.78 is 11.0. The van der Waals surface area contributed by atoms with Gasteiger partial charge in [0.25, 0.3) is 0 Å². The number of methoxy groups -OCH3 is 1. The normalized spacial score (nSPS) is 15.8. The van der Waals surface area contributed by atoms with E-state index in [4.69, 9.17) is 15.2 Å². The highest BCUT2D eigenvalue weighted by Gasteiger charge is 2.33. The Bertz CT molecular complexity index is 533. The van der Waals surface area contributed by atoms with Gasteiger partial charge in [-0.25, -0.2) is 0 Å². The number of likely N-dealkylation sites (N-methyl/N-ethyl adjacent to an activating group) is 1. The van der Waals surface area contributed by atoms with Crippen LogP contribution in [0.15, 0.2) is 24.3 Å². The smallest absolute Gasteiger partial charge is 0.223 e. The third-order valence-corrected chi connectivity index (χ3v) is 5.05. The van der Waals surface area contributed by atoms with Crippen LogP contribution >= 0.6 is 12.4 Å². The average molecular weight is 371 g/mol. The molecule has 0 aliphatic heterocycles. The minimum absolute atomic E-state index is 0. The van der Waals surface area contributed by atoms with Crippen molar-refractivity contribution in [3.8, 4) is 11.5 Å². The summed E-state index contributed by atoms with van der Waals surface area (Å²) in [4.78, 5) is 14.3. The third-order valence-electron chi connectivity index (χ3n) is 5.05. The van der Waals surface area contributed by atoms with Crippen LogP contribution in [0, 0.1) is 5.41 Å². The molecule has 0 radical (unpaired) electrons. The van der Waals surface area contributed by atoms with Crippen molar-refractivity contribution in [2.75, 3.05) is 33.9 Å². The van der Waals surface area contributed by atoms with Crippen LogP contribution in [0.25, 0.3) is 0 Å². The Kier molecular flexibility index (Phi) is 9.08. The van der Waals surface area contributed by atoms with Crippen molar-refractivity contribution in [1.29, 1.82) is 0 Å². The molecule has 1 aromatic rings. The molecule has 1 aromatic carbocycles. The minimum Gasteiger partial charge on any atom is -0.493 e. The van der Waals surface area contributed by atoms with E-state index in [1.165, 1.54) is 19.3 Å². The maximum Gasteiger partial charge on any atom is 0.223 e. The number of benzene rings is 1. The topological polar surface area (TPSA) is 64.8 Å². The van der Waals surface area contributed by atoms with E-state index in [9.17, 15) is 4.79 Å². The van der Waals surface area contributed by atoms with Crippen molar-refractivity contribution < 1.29 is 14.3 Å². The van der Waals surface area contributed by atoms with E-state index in [2.05, 4.69) is 0 Å². The Morgan fingerprint density at radius 2 is 1.84 bits per heavy atom. The predicted molar refractivity (Wildman–Crippen MR) is 103 cm³/mol. The van der Waals surface area contributed by atoms with Crippen molar-refractivity contribution in [2.24, 2.45) is 11.1 Å². The molecule has 142 valence electrons. The lowest BCUT2D eigenvalue weighted by molar-refractivity contribution is -0.133. The Morgan fingerprint density at radius 1 is 1.20 bits per heavy atom. The van der Waals surface area contributed by atoms with Gasteiger partial charge in [-0.2, -0.15) is 0 Å². The van der Waals surface area contributed by atoms with Gasteiger partial charge in [0.1, 0.15) is 6.61 Å². The second kappa shape index (κ2) is 10.5. The predicted octanol–water partition coefficient (Wildman–Crippen LogP) is 3.25. The van der Waals surface area contributed by atoms with E-state index in [1.54, 1.807) is 12.0 Å². The number of carbonyl (C=O) groups excluding carboxylic acids is 1. The highest BCUT2D eigenvalue weighted by Crippen LogP contribution is 2.38. The minimum atomic E-state index is 0. The van der Waals surface area contributed by atoms with Crippen LogP contribution < -0.4 is 15.2 Å². The first-order valence-electron chi connectivity index (χ1n) is 8.80. The molecule has 1 fully saturated rings. The molecule has 0 heterocycles. The summed E-state index contributed by atoms with van der Waals surface area (Å²) in [6.07, 6.45) is 6.32. The Morgan fingerprint density at radius 3 is 2.44 bits per heavy atom. The van der Waals surface area contributed by atoms with Crippen molar-refractivity contribution in [3.05, 3.63) is 24.3 Å². The number of hydrogen-bond donors (Lipinski definition) is 1. The van der Waals surface area contributed by atoms with E-state index in [0.29, 0.717) is 37.6 Å². The number of rotatable bonds is 8. The Balaban J connectivity index is 0.00000312. The summed E-state index contributed by atoms with van der Waals surface area (Å²) in [5, 5.41) is 0. The average Bonchev–Trinajstić information content (AvgIpc) is 2.62. The van der Waals surface area contributed by atoms with E-state index in [-0.39, 0.29) is 23.7 Å². The number of nitrogens with zero attached hydrogens (tertiary/aromatic N) is 1. The van der Waals surface area contributed by atoms with Crippen molar-refractivity contribution in [2.45, 2.75) is 38.5 Å². The SMILES string of the molecule is COc1ccccc1OCCN(C)C(=O)CC1(CN)CCCCC1.Cl. The number of ether oxygens (including phenoxy) is 2. The summed E-state index contributed by atoms with van der Waals surface area (Å²) in [5.74, 6) is 1.56. The van der Waals surface area contributed by atoms with Crippen molar-refractivity contribution in [1.82, 2.24) is 4.90 Å². The summed E-state index contributed by atoms with van der Waals surface area (Å²) in [7, 11) is 3.45. The molecule has 6 heteroatoms. The molecule has 1 aliphatic rings. The fourth-order valence-electron chi connectivity index (χ4n) is 3.37. The third kappa shape index (κ3) is 6.08. The highest BCUT2D eigenvalue weighted by molar-refractivity contribution is 5.85. The zero-order valence-electron chi connectivity index (χ0n) is 15.3. The van der Waals surface area contributed by atoms with Gasteiger partial charge >= 0.3 is 0 Å². The Hall–Kier alpha value is -1.46. The van der Waals surface area contributed by atoms with E-state index < -0.39 is 0 Å². The van der Waals surface area contributed by atoms with Gasteiger partial charge < -0.3 is 20.1 Å². The van der Waals surface area contributed by atoms with Crippen LogP contribution in [0.1, 0.15) is 38.5 Å². The summed E-state index contributed by atoms with van der Waals surface area (Å²) in [5.41, 5.74) is 5.99. The maximum absolute atomic E-state index is 12.5.